The topological polar surface area (TPSA) is 9.23 Å². The number of alkyl halides is 2. The lowest BCUT2D eigenvalue weighted by Crippen LogP contribution is -2.37. The van der Waals surface area contributed by atoms with Crippen LogP contribution in [0, 0.1) is 35.1 Å². The monoisotopic (exact) mass is 596 g/mol. The summed E-state index contributed by atoms with van der Waals surface area (Å²) in [5, 5.41) is 0. The molecular weight excluding hydrogens is 562 g/mol. The predicted octanol–water partition coefficient (Wildman–Crippen LogP) is 11.6. The number of rotatable bonds is 10. The predicted molar refractivity (Wildman–Crippen MR) is 158 cm³/mol. The van der Waals surface area contributed by atoms with E-state index in [0.29, 0.717) is 46.6 Å². The second-order valence-corrected chi connectivity index (χ2v) is 11.4. The zero-order chi connectivity index (χ0) is 30.6. The Balaban J connectivity index is 1.22. The Morgan fingerprint density at radius 2 is 1.16 bits per heavy atom. The van der Waals surface area contributed by atoms with Gasteiger partial charge in [-0.2, -0.15) is 8.78 Å². The molecule has 0 aromatic heterocycles. The minimum absolute atomic E-state index is 0.0666. The molecule has 0 unspecified atom stereocenters. The Morgan fingerprint density at radius 3 is 1.77 bits per heavy atom. The maximum absolute atomic E-state index is 15.2. The molecule has 1 aliphatic rings. The lowest BCUT2D eigenvalue weighted by Gasteiger charge is -2.33. The molecule has 0 heterocycles. The van der Waals surface area contributed by atoms with Crippen molar-refractivity contribution in [2.24, 2.45) is 11.8 Å². The SMILES string of the molecule is CCCCCC1CCC(C(F)(F)Oc2ccc(-c3ccc(-c4ccc(-c5cc(F)c(F)c(F)c5)cc4)c(F)c3)cc2)CC1. The molecular formula is C36H34F6O. The summed E-state index contributed by atoms with van der Waals surface area (Å²) in [5.41, 5.74) is 2.67. The Hall–Kier alpha value is -3.74. The summed E-state index contributed by atoms with van der Waals surface area (Å²) in [5.74, 6) is -4.81. The average molecular weight is 597 g/mol. The van der Waals surface area contributed by atoms with Crippen LogP contribution in [-0.4, -0.2) is 6.11 Å². The fraction of sp³-hybridized carbons (Fsp3) is 0.333. The van der Waals surface area contributed by atoms with Gasteiger partial charge in [0.15, 0.2) is 17.5 Å². The first-order valence-corrected chi connectivity index (χ1v) is 14.9. The second kappa shape index (κ2) is 13.3. The first kappa shape index (κ1) is 30.7. The van der Waals surface area contributed by atoms with E-state index < -0.39 is 35.3 Å². The average Bonchev–Trinajstić information content (AvgIpc) is 3.00. The van der Waals surface area contributed by atoms with Gasteiger partial charge < -0.3 is 4.74 Å². The maximum atomic E-state index is 15.2. The summed E-state index contributed by atoms with van der Waals surface area (Å²) in [6.07, 6.45) is 3.91. The summed E-state index contributed by atoms with van der Waals surface area (Å²) >= 11 is 0. The zero-order valence-corrected chi connectivity index (χ0v) is 24.0. The molecule has 7 heteroatoms. The van der Waals surface area contributed by atoms with Crippen LogP contribution in [0.15, 0.2) is 78.9 Å². The van der Waals surface area contributed by atoms with E-state index in [2.05, 4.69) is 6.92 Å². The molecule has 0 radical (unpaired) electrons. The van der Waals surface area contributed by atoms with Crippen LogP contribution in [-0.2, 0) is 0 Å². The van der Waals surface area contributed by atoms with Gasteiger partial charge in [0.2, 0.25) is 0 Å². The highest BCUT2D eigenvalue weighted by Gasteiger charge is 2.43. The first-order valence-electron chi connectivity index (χ1n) is 14.9. The van der Waals surface area contributed by atoms with Crippen molar-refractivity contribution < 1.29 is 31.1 Å². The van der Waals surface area contributed by atoms with Crippen LogP contribution in [0.2, 0.25) is 0 Å². The van der Waals surface area contributed by atoms with E-state index >= 15 is 4.39 Å². The van der Waals surface area contributed by atoms with Crippen molar-refractivity contribution in [2.45, 2.75) is 64.4 Å². The van der Waals surface area contributed by atoms with Crippen molar-refractivity contribution in [3.63, 3.8) is 0 Å². The molecule has 0 atom stereocenters. The Labute approximate surface area is 248 Å². The van der Waals surface area contributed by atoms with Gasteiger partial charge in [-0.15, -0.1) is 0 Å². The number of benzene rings is 4. The summed E-state index contributed by atoms with van der Waals surface area (Å²) < 4.78 is 90.8. The Bertz CT molecular complexity index is 1500. The fourth-order valence-corrected chi connectivity index (χ4v) is 5.92. The zero-order valence-electron chi connectivity index (χ0n) is 24.0. The van der Waals surface area contributed by atoms with Gasteiger partial charge in [0.1, 0.15) is 11.6 Å². The normalized spacial score (nSPS) is 17.2. The number of halogens is 6. The highest BCUT2D eigenvalue weighted by atomic mass is 19.3. The molecule has 0 amide bonds. The van der Waals surface area contributed by atoms with E-state index in [9.17, 15) is 22.0 Å². The molecule has 0 saturated heterocycles. The molecule has 43 heavy (non-hydrogen) atoms. The van der Waals surface area contributed by atoms with Gasteiger partial charge in [-0.25, -0.2) is 17.6 Å². The molecule has 0 aliphatic heterocycles. The molecule has 5 rings (SSSR count). The van der Waals surface area contributed by atoms with Crippen molar-refractivity contribution >= 4 is 0 Å². The Kier molecular flexibility index (Phi) is 9.48. The van der Waals surface area contributed by atoms with Gasteiger partial charge >= 0.3 is 6.11 Å². The fourth-order valence-electron chi connectivity index (χ4n) is 5.92. The largest absolute Gasteiger partial charge is 0.432 e. The number of unbranched alkanes of at least 4 members (excludes halogenated alkanes) is 2. The third-order valence-electron chi connectivity index (χ3n) is 8.46. The van der Waals surface area contributed by atoms with Crippen LogP contribution in [0.25, 0.3) is 33.4 Å². The van der Waals surface area contributed by atoms with E-state index in [0.717, 1.165) is 44.2 Å². The van der Waals surface area contributed by atoms with Gasteiger partial charge in [-0.3, -0.25) is 0 Å². The van der Waals surface area contributed by atoms with Crippen molar-refractivity contribution in [1.82, 2.24) is 0 Å². The minimum atomic E-state index is -3.25. The van der Waals surface area contributed by atoms with E-state index in [1.54, 1.807) is 48.5 Å². The number of hydrogen-bond donors (Lipinski definition) is 0. The van der Waals surface area contributed by atoms with Gasteiger partial charge in [0.05, 0.1) is 5.92 Å². The van der Waals surface area contributed by atoms with Crippen LogP contribution in [0.1, 0.15) is 58.3 Å². The number of hydrogen-bond acceptors (Lipinski definition) is 1. The molecule has 226 valence electrons. The van der Waals surface area contributed by atoms with Crippen LogP contribution in [0.3, 0.4) is 0 Å². The highest BCUT2D eigenvalue weighted by Crippen LogP contribution is 2.41. The van der Waals surface area contributed by atoms with Crippen molar-refractivity contribution in [2.75, 3.05) is 0 Å². The van der Waals surface area contributed by atoms with E-state index in [1.807, 2.05) is 0 Å². The van der Waals surface area contributed by atoms with Crippen molar-refractivity contribution in [1.29, 1.82) is 0 Å². The van der Waals surface area contributed by atoms with Crippen LogP contribution in [0.4, 0.5) is 26.3 Å². The summed E-state index contributed by atoms with van der Waals surface area (Å²) in [7, 11) is 0. The molecule has 0 N–H and O–H groups in total. The van der Waals surface area contributed by atoms with Crippen molar-refractivity contribution in [3.8, 4) is 39.1 Å². The molecule has 4 aromatic carbocycles. The van der Waals surface area contributed by atoms with Gasteiger partial charge in [-0.05, 0) is 89.8 Å². The number of ether oxygens (including phenoxy) is 1. The van der Waals surface area contributed by atoms with Crippen LogP contribution >= 0.6 is 0 Å². The molecule has 1 aliphatic carbocycles. The van der Waals surface area contributed by atoms with Crippen LogP contribution < -0.4 is 4.74 Å². The standard InChI is InChI=1S/C36H34F6O/c1-2-3-4-5-23-6-15-29(16-7-23)36(41,42)43-30-17-12-24(13-18-30)27-14-19-31(32(37)20-27)26-10-8-25(9-11-26)28-21-33(38)35(40)34(39)22-28/h8-14,17-23,29H,2-7,15-16H2,1H3. The molecule has 1 saturated carbocycles. The van der Waals surface area contributed by atoms with Gasteiger partial charge in [0.25, 0.3) is 0 Å². The van der Waals surface area contributed by atoms with Crippen LogP contribution in [0.5, 0.6) is 5.75 Å². The lowest BCUT2D eigenvalue weighted by atomic mass is 9.79. The second-order valence-electron chi connectivity index (χ2n) is 11.4. The van der Waals surface area contributed by atoms with Gasteiger partial charge in [0, 0.05) is 5.56 Å². The van der Waals surface area contributed by atoms with E-state index in [4.69, 9.17) is 4.74 Å². The summed E-state index contributed by atoms with van der Waals surface area (Å²) in [6, 6.07) is 19.1. The minimum Gasteiger partial charge on any atom is -0.432 e. The van der Waals surface area contributed by atoms with Crippen molar-refractivity contribution in [3.05, 3.63) is 102 Å². The van der Waals surface area contributed by atoms with Gasteiger partial charge in [-0.1, -0.05) is 81.1 Å². The third kappa shape index (κ3) is 7.26. The molecule has 1 nitrogen and oxygen atoms in total. The molecule has 1 fully saturated rings. The molecule has 0 bridgehead atoms. The quantitative estimate of drug-likeness (QED) is 0.101. The van der Waals surface area contributed by atoms with E-state index in [-0.39, 0.29) is 11.3 Å². The molecule has 4 aromatic rings. The Morgan fingerprint density at radius 1 is 0.628 bits per heavy atom. The highest BCUT2D eigenvalue weighted by molar-refractivity contribution is 5.74. The summed E-state index contributed by atoms with van der Waals surface area (Å²) in [6.45, 7) is 2.16. The lowest BCUT2D eigenvalue weighted by molar-refractivity contribution is -0.223. The smallest absolute Gasteiger partial charge is 0.400 e. The summed E-state index contributed by atoms with van der Waals surface area (Å²) in [4.78, 5) is 0. The van der Waals surface area contributed by atoms with E-state index in [1.165, 1.54) is 24.6 Å². The molecule has 0 spiro atoms. The maximum Gasteiger partial charge on any atom is 0.400 e. The first-order chi connectivity index (χ1) is 20.6. The third-order valence-corrected chi connectivity index (χ3v) is 8.46.